The molecular weight excluding hydrogens is 292 g/mol. The SMILES string of the molecule is CC1OCCC1Nc1cccc(CN(C)C(=O)OC(C)(C)C)c1. The Balaban J connectivity index is 1.95. The lowest BCUT2D eigenvalue weighted by Crippen LogP contribution is -2.33. The summed E-state index contributed by atoms with van der Waals surface area (Å²) >= 11 is 0. The van der Waals surface area contributed by atoms with E-state index in [0.717, 1.165) is 24.3 Å². The number of rotatable bonds is 4. The fraction of sp³-hybridized carbons (Fsp3) is 0.611. The molecule has 0 radical (unpaired) electrons. The van der Waals surface area contributed by atoms with E-state index in [0.29, 0.717) is 12.6 Å². The van der Waals surface area contributed by atoms with Crippen LogP contribution in [0.2, 0.25) is 0 Å². The molecule has 1 fully saturated rings. The van der Waals surface area contributed by atoms with Gasteiger partial charge in [-0.1, -0.05) is 12.1 Å². The highest BCUT2D eigenvalue weighted by molar-refractivity contribution is 5.67. The molecule has 1 amide bonds. The minimum absolute atomic E-state index is 0.225. The van der Waals surface area contributed by atoms with Crippen molar-refractivity contribution < 1.29 is 14.3 Å². The van der Waals surface area contributed by atoms with Crippen molar-refractivity contribution in [1.29, 1.82) is 0 Å². The summed E-state index contributed by atoms with van der Waals surface area (Å²) in [5.74, 6) is 0. The fourth-order valence-corrected chi connectivity index (χ4v) is 2.57. The fourth-order valence-electron chi connectivity index (χ4n) is 2.57. The van der Waals surface area contributed by atoms with Crippen LogP contribution in [0.1, 0.15) is 39.7 Å². The molecular formula is C18H28N2O3. The molecule has 23 heavy (non-hydrogen) atoms. The second-order valence-corrected chi connectivity index (χ2v) is 7.15. The maximum absolute atomic E-state index is 12.0. The topological polar surface area (TPSA) is 50.8 Å². The van der Waals surface area contributed by atoms with Gasteiger partial charge in [0.1, 0.15) is 5.60 Å². The number of benzene rings is 1. The van der Waals surface area contributed by atoms with Crippen LogP contribution in [0, 0.1) is 0 Å². The molecule has 1 aliphatic heterocycles. The number of amides is 1. The second kappa shape index (κ2) is 7.21. The zero-order chi connectivity index (χ0) is 17.0. The third-order valence-electron chi connectivity index (χ3n) is 3.78. The highest BCUT2D eigenvalue weighted by atomic mass is 16.6. The van der Waals surface area contributed by atoms with E-state index in [1.807, 2.05) is 39.0 Å². The molecule has 1 aliphatic rings. The van der Waals surface area contributed by atoms with Gasteiger partial charge >= 0.3 is 6.09 Å². The quantitative estimate of drug-likeness (QED) is 0.920. The maximum atomic E-state index is 12.0. The summed E-state index contributed by atoms with van der Waals surface area (Å²) in [5.41, 5.74) is 1.64. The van der Waals surface area contributed by atoms with E-state index in [-0.39, 0.29) is 12.2 Å². The third kappa shape index (κ3) is 5.43. The summed E-state index contributed by atoms with van der Waals surface area (Å²) in [6, 6.07) is 8.48. The van der Waals surface area contributed by atoms with Gasteiger partial charge in [0.05, 0.1) is 12.1 Å². The van der Waals surface area contributed by atoms with Gasteiger partial charge in [-0.05, 0) is 51.8 Å². The van der Waals surface area contributed by atoms with Crippen molar-refractivity contribution in [3.63, 3.8) is 0 Å². The Hall–Kier alpha value is -1.75. The molecule has 5 heteroatoms. The normalized spacial score (nSPS) is 21.1. The molecule has 2 atom stereocenters. The number of nitrogens with one attached hydrogen (secondary N) is 1. The van der Waals surface area contributed by atoms with Crippen molar-refractivity contribution >= 4 is 11.8 Å². The van der Waals surface area contributed by atoms with Crippen molar-refractivity contribution in [2.45, 2.75) is 58.4 Å². The number of nitrogens with zero attached hydrogens (tertiary/aromatic N) is 1. The summed E-state index contributed by atoms with van der Waals surface area (Å²) < 4.78 is 11.0. The van der Waals surface area contributed by atoms with E-state index < -0.39 is 5.60 Å². The summed E-state index contributed by atoms with van der Waals surface area (Å²) in [7, 11) is 1.75. The molecule has 0 spiro atoms. The second-order valence-electron chi connectivity index (χ2n) is 7.15. The minimum Gasteiger partial charge on any atom is -0.444 e. The molecule has 0 aliphatic carbocycles. The van der Waals surface area contributed by atoms with Gasteiger partial charge in [-0.3, -0.25) is 0 Å². The van der Waals surface area contributed by atoms with Crippen LogP contribution in [0.4, 0.5) is 10.5 Å². The van der Waals surface area contributed by atoms with Gasteiger partial charge in [0.2, 0.25) is 0 Å². The lowest BCUT2D eigenvalue weighted by Gasteiger charge is -2.25. The molecule has 1 heterocycles. The predicted molar refractivity (Wildman–Crippen MR) is 91.6 cm³/mol. The van der Waals surface area contributed by atoms with Crippen LogP contribution in [0.15, 0.2) is 24.3 Å². The first-order chi connectivity index (χ1) is 10.7. The van der Waals surface area contributed by atoms with Gasteiger partial charge in [0.25, 0.3) is 0 Å². The van der Waals surface area contributed by atoms with E-state index in [1.165, 1.54) is 0 Å². The molecule has 5 nitrogen and oxygen atoms in total. The molecule has 0 aromatic heterocycles. The van der Waals surface area contributed by atoms with Crippen LogP contribution in [0.5, 0.6) is 0 Å². The zero-order valence-corrected chi connectivity index (χ0v) is 14.8. The van der Waals surface area contributed by atoms with Crippen molar-refractivity contribution in [2.75, 3.05) is 19.0 Å². The highest BCUT2D eigenvalue weighted by Crippen LogP contribution is 2.20. The number of carbonyl (C=O) groups excluding carboxylic acids is 1. The summed E-state index contributed by atoms with van der Waals surface area (Å²) in [4.78, 5) is 13.6. The smallest absolute Gasteiger partial charge is 0.410 e. The lowest BCUT2D eigenvalue weighted by atomic mass is 10.1. The predicted octanol–water partition coefficient (Wildman–Crippen LogP) is 3.64. The number of anilines is 1. The minimum atomic E-state index is -0.479. The maximum Gasteiger partial charge on any atom is 0.410 e. The van der Waals surface area contributed by atoms with E-state index in [4.69, 9.17) is 9.47 Å². The number of hydrogen-bond acceptors (Lipinski definition) is 4. The van der Waals surface area contributed by atoms with Crippen molar-refractivity contribution in [1.82, 2.24) is 4.90 Å². The van der Waals surface area contributed by atoms with Gasteiger partial charge in [-0.15, -0.1) is 0 Å². The van der Waals surface area contributed by atoms with Crippen LogP contribution >= 0.6 is 0 Å². The monoisotopic (exact) mass is 320 g/mol. The Morgan fingerprint density at radius 2 is 2.17 bits per heavy atom. The largest absolute Gasteiger partial charge is 0.444 e. The molecule has 2 rings (SSSR count). The average Bonchev–Trinajstić information content (AvgIpc) is 2.83. The molecule has 128 valence electrons. The molecule has 1 N–H and O–H groups in total. The molecule has 2 unspecified atom stereocenters. The molecule has 1 aromatic carbocycles. The third-order valence-corrected chi connectivity index (χ3v) is 3.78. The number of carbonyl (C=O) groups is 1. The van der Waals surface area contributed by atoms with Gasteiger partial charge in [0, 0.05) is 25.9 Å². The van der Waals surface area contributed by atoms with Gasteiger partial charge in [-0.2, -0.15) is 0 Å². The van der Waals surface area contributed by atoms with Crippen LogP contribution in [0.25, 0.3) is 0 Å². The Morgan fingerprint density at radius 3 is 2.78 bits per heavy atom. The Bertz CT molecular complexity index is 539. The van der Waals surface area contributed by atoms with Crippen LogP contribution in [0.3, 0.4) is 0 Å². The zero-order valence-electron chi connectivity index (χ0n) is 14.8. The first kappa shape index (κ1) is 17.6. The van der Waals surface area contributed by atoms with E-state index in [9.17, 15) is 4.79 Å². The van der Waals surface area contributed by atoms with E-state index >= 15 is 0 Å². The first-order valence-corrected chi connectivity index (χ1v) is 8.16. The summed E-state index contributed by atoms with van der Waals surface area (Å²) in [6.07, 6.45) is 0.931. The molecule has 1 aromatic rings. The Labute approximate surface area is 139 Å². The van der Waals surface area contributed by atoms with Gasteiger partial charge < -0.3 is 19.7 Å². The molecule has 0 bridgehead atoms. The van der Waals surface area contributed by atoms with E-state index in [2.05, 4.69) is 18.3 Å². The molecule has 1 saturated heterocycles. The number of ether oxygens (including phenoxy) is 2. The standard InChI is InChI=1S/C18H28N2O3/c1-13-16(9-10-22-13)19-15-8-6-7-14(11-15)12-20(5)17(21)23-18(2,3)4/h6-8,11,13,16,19H,9-10,12H2,1-5H3. The first-order valence-electron chi connectivity index (χ1n) is 8.16. The van der Waals surface area contributed by atoms with Crippen LogP contribution in [-0.2, 0) is 16.0 Å². The molecule has 0 saturated carbocycles. The summed E-state index contributed by atoms with van der Waals surface area (Å²) in [6.45, 7) is 9.02. The average molecular weight is 320 g/mol. The Kier molecular flexibility index (Phi) is 5.52. The van der Waals surface area contributed by atoms with Crippen molar-refractivity contribution in [2.24, 2.45) is 0 Å². The van der Waals surface area contributed by atoms with Crippen molar-refractivity contribution in [3.8, 4) is 0 Å². The van der Waals surface area contributed by atoms with Gasteiger partial charge in [-0.25, -0.2) is 4.79 Å². The van der Waals surface area contributed by atoms with Crippen LogP contribution in [-0.4, -0.2) is 42.4 Å². The van der Waals surface area contributed by atoms with Crippen LogP contribution < -0.4 is 5.32 Å². The lowest BCUT2D eigenvalue weighted by molar-refractivity contribution is 0.0285. The highest BCUT2D eigenvalue weighted by Gasteiger charge is 2.24. The Morgan fingerprint density at radius 1 is 1.43 bits per heavy atom. The van der Waals surface area contributed by atoms with Gasteiger partial charge in [0.15, 0.2) is 0 Å². The van der Waals surface area contributed by atoms with Crippen molar-refractivity contribution in [3.05, 3.63) is 29.8 Å². The number of hydrogen-bond donors (Lipinski definition) is 1. The van der Waals surface area contributed by atoms with E-state index in [1.54, 1.807) is 11.9 Å². The summed E-state index contributed by atoms with van der Waals surface area (Å²) in [5, 5.41) is 3.51.